The molecule has 1 amide bonds. The van der Waals surface area contributed by atoms with Crippen LogP contribution in [-0.2, 0) is 52.9 Å². The summed E-state index contributed by atoms with van der Waals surface area (Å²) in [5.74, 6) is -2.78. The highest BCUT2D eigenvalue weighted by atomic mass is 32.2. The molecule has 1 rings (SSSR count). The second kappa shape index (κ2) is 33.9. The highest BCUT2D eigenvalue weighted by Crippen LogP contribution is 2.39. The Balaban J connectivity index is 3.03. The van der Waals surface area contributed by atoms with Crippen LogP contribution in [0.3, 0.4) is 0 Å². The van der Waals surface area contributed by atoms with Gasteiger partial charge in [0.1, 0.15) is 5.78 Å². The largest absolute Gasteiger partial charge is 0.370 e. The molecule has 19 nitrogen and oxygen atoms in total. The summed E-state index contributed by atoms with van der Waals surface area (Å²) in [6, 6.07) is 0. The van der Waals surface area contributed by atoms with Crippen molar-refractivity contribution in [3.05, 3.63) is 0 Å². The van der Waals surface area contributed by atoms with Gasteiger partial charge in [-0.3, -0.25) is 38.6 Å². The molecule has 332 valence electrons. The van der Waals surface area contributed by atoms with Gasteiger partial charge in [-0.05, 0) is 26.8 Å². The third kappa shape index (κ3) is 27.9. The van der Waals surface area contributed by atoms with Crippen LogP contribution in [0.2, 0.25) is 0 Å². The van der Waals surface area contributed by atoms with Crippen LogP contribution in [0.5, 0.6) is 0 Å². The summed E-state index contributed by atoms with van der Waals surface area (Å²) in [5.41, 5.74) is 6.72. The molecule has 1 saturated carbocycles. The zero-order valence-electron chi connectivity index (χ0n) is 36.2. The van der Waals surface area contributed by atoms with Crippen LogP contribution in [0.15, 0.2) is 0 Å². The van der Waals surface area contributed by atoms with E-state index in [1.165, 1.54) is 23.1 Å². The number of thioether (sulfide) groups is 2. The molecule has 0 aliphatic heterocycles. The number of Topliss-reactive ketones (excluding diaryl/α,β-unsaturated/α-hetero) is 4. The Hall–Kier alpha value is -1.73. The molecule has 0 spiro atoms. The average molecular weight is 923 g/mol. The molecule has 1 fully saturated rings. The van der Waals surface area contributed by atoms with Gasteiger partial charge in [-0.15, -0.1) is 44.2 Å². The third-order valence-corrected chi connectivity index (χ3v) is 12.2. The third-order valence-electron chi connectivity index (χ3n) is 8.06. The smallest absolute Gasteiger partial charge is 0.338 e. The topological polar surface area (TPSA) is 234 Å². The Kier molecular flexibility index (Phi) is 28.6. The minimum atomic E-state index is -1.11. The molecule has 1 aliphatic carbocycles. The van der Waals surface area contributed by atoms with Crippen molar-refractivity contribution in [2.45, 2.75) is 36.7 Å². The van der Waals surface area contributed by atoms with Crippen LogP contribution in [0.25, 0.3) is 0 Å². The molecule has 24 heteroatoms. The second-order valence-electron chi connectivity index (χ2n) is 12.8. The zero-order chi connectivity index (χ0) is 45.7. The fourth-order valence-corrected chi connectivity index (χ4v) is 8.19. The number of nitrogens with zero attached hydrogens (tertiary/aromatic N) is 3. The van der Waals surface area contributed by atoms with Gasteiger partial charge in [-0.2, -0.15) is 23.5 Å². The van der Waals surface area contributed by atoms with Gasteiger partial charge < -0.3 is 30.0 Å². The fourth-order valence-electron chi connectivity index (χ4n) is 4.91. The Morgan fingerprint density at radius 3 is 1.48 bits per heavy atom. The van der Waals surface area contributed by atoms with Gasteiger partial charge >= 0.3 is 17.9 Å². The summed E-state index contributed by atoms with van der Waals surface area (Å²) in [6.07, 6.45) is -1.19. The Labute approximate surface area is 361 Å². The SMILES string of the molecule is [3H]C(P)C(=O)CNOC(=O)CCN(CCN(CC(C)=O)CC(=O)ONCC(=O)C([3H])P)CCN(CC(=O)NCCSC1CCC1SCCNC)CC(=O)ONCC(=O)C([3H])P. The van der Waals surface area contributed by atoms with E-state index in [2.05, 4.69) is 27.1 Å². The molecule has 0 aromatic heterocycles. The van der Waals surface area contributed by atoms with E-state index in [1.54, 1.807) is 4.90 Å². The van der Waals surface area contributed by atoms with Crippen molar-refractivity contribution >= 4 is 98.2 Å². The first kappa shape index (κ1) is 48.9. The Morgan fingerprint density at radius 1 is 0.621 bits per heavy atom. The summed E-state index contributed by atoms with van der Waals surface area (Å²) in [7, 11) is 7.99. The van der Waals surface area contributed by atoms with Crippen LogP contribution in [0, 0.1) is 0 Å². The monoisotopic (exact) mass is 922 g/mol. The first-order chi connectivity index (χ1) is 28.9. The minimum absolute atomic E-state index is 0.0641. The van der Waals surface area contributed by atoms with E-state index >= 15 is 0 Å². The molecular weight excluding hydrogens is 853 g/mol. The molecule has 0 aromatic rings. The number of carbonyl (C=O) groups is 8. The standard InChI is InChI=1S/C34H63N8O11P3S2/c1-25(43)18-41(20-33(49)52-38-16-27(45)23-55)11-9-40(8-5-32(48)51-37-15-26(44)22-54)10-12-42(21-34(50)53-39-17-28(46)24-56)19-31(47)36-7-14-58-30-4-3-29(30)57-13-6-35-2/h29-30,35,37-39H,3-24,54-56H2,1-2H3,(H,36,47)/i22T,23T,24T. The van der Waals surface area contributed by atoms with Crippen LogP contribution >= 0.6 is 51.2 Å². The number of hydroxylamine groups is 3. The highest BCUT2D eigenvalue weighted by Gasteiger charge is 2.31. The van der Waals surface area contributed by atoms with Crippen molar-refractivity contribution in [1.82, 2.24) is 41.8 Å². The lowest BCUT2D eigenvalue weighted by Gasteiger charge is -2.35. The van der Waals surface area contributed by atoms with Crippen molar-refractivity contribution in [1.29, 1.82) is 0 Å². The first-order valence-electron chi connectivity index (χ1n) is 20.3. The van der Waals surface area contributed by atoms with Crippen molar-refractivity contribution in [3.8, 4) is 0 Å². The van der Waals surface area contributed by atoms with Gasteiger partial charge in [0, 0.05) is 90.3 Å². The predicted molar refractivity (Wildman–Crippen MR) is 234 cm³/mol. The predicted octanol–water partition coefficient (Wildman–Crippen LogP) is -2.32. The van der Waals surface area contributed by atoms with Crippen molar-refractivity contribution in [3.63, 3.8) is 0 Å². The zero-order valence-corrected chi connectivity index (χ0v) is 38.3. The summed E-state index contributed by atoms with van der Waals surface area (Å²) in [5, 5.41) is 7.17. The number of nitrogens with one attached hydrogen (secondary N) is 5. The maximum atomic E-state index is 13.2. The number of ketones is 4. The second-order valence-corrected chi connectivity index (χ2v) is 16.5. The molecule has 0 aromatic carbocycles. The Bertz CT molecular complexity index is 1420. The van der Waals surface area contributed by atoms with Crippen LogP contribution < -0.4 is 27.1 Å². The van der Waals surface area contributed by atoms with Crippen molar-refractivity contribution < 1.29 is 57.0 Å². The molecule has 0 heterocycles. The maximum absolute atomic E-state index is 13.2. The lowest BCUT2D eigenvalue weighted by Crippen LogP contribution is -2.47. The number of hydrogen-bond acceptors (Lipinski definition) is 20. The quantitative estimate of drug-likeness (QED) is 0.0191. The van der Waals surface area contributed by atoms with Crippen LogP contribution in [0.4, 0.5) is 0 Å². The number of rotatable bonds is 37. The van der Waals surface area contributed by atoms with Gasteiger partial charge in [-0.25, -0.2) is 9.59 Å². The molecular formula is C34H63N8O11P3S2. The van der Waals surface area contributed by atoms with Gasteiger partial charge in [0.05, 0.1) is 52.2 Å². The lowest BCUT2D eigenvalue weighted by atomic mass is 9.99. The first-order valence-corrected chi connectivity index (χ1v) is 22.7. The van der Waals surface area contributed by atoms with E-state index in [4.69, 9.17) is 18.6 Å². The average Bonchev–Trinajstić information content (AvgIpc) is 3.17. The van der Waals surface area contributed by atoms with Crippen molar-refractivity contribution in [2.24, 2.45) is 0 Å². The van der Waals surface area contributed by atoms with E-state index in [9.17, 15) is 38.4 Å². The number of hydrogen-bond donors (Lipinski definition) is 5. The molecule has 0 radical (unpaired) electrons. The Morgan fingerprint density at radius 2 is 1.05 bits per heavy atom. The summed E-state index contributed by atoms with van der Waals surface area (Å²) in [4.78, 5) is 118. The molecule has 5 N–H and O–H groups in total. The lowest BCUT2D eigenvalue weighted by molar-refractivity contribution is -0.154. The minimum Gasteiger partial charge on any atom is -0.370 e. The van der Waals surface area contributed by atoms with E-state index < -0.39 is 60.2 Å². The van der Waals surface area contributed by atoms with E-state index in [-0.39, 0.29) is 90.1 Å². The van der Waals surface area contributed by atoms with E-state index in [0.29, 0.717) is 22.8 Å². The molecule has 58 heavy (non-hydrogen) atoms. The molecule has 0 saturated heterocycles. The van der Waals surface area contributed by atoms with Crippen molar-refractivity contribution in [2.75, 3.05) is 129 Å². The highest BCUT2D eigenvalue weighted by molar-refractivity contribution is 8.04. The molecule has 1 aliphatic rings. The molecule has 8 atom stereocenters. The van der Waals surface area contributed by atoms with E-state index in [0.717, 1.165) is 18.7 Å². The maximum Gasteiger partial charge on any atom is 0.338 e. The van der Waals surface area contributed by atoms with Crippen LogP contribution in [0.1, 0.15) is 30.3 Å². The van der Waals surface area contributed by atoms with E-state index in [1.807, 2.05) is 58.3 Å². The molecule has 0 bridgehead atoms. The van der Waals surface area contributed by atoms with Crippen LogP contribution in [-0.4, -0.2) is 201 Å². The number of carbonyl (C=O) groups excluding carboxylic acids is 8. The van der Waals surface area contributed by atoms with Gasteiger partial charge in [0.15, 0.2) is 17.3 Å². The van der Waals surface area contributed by atoms with Gasteiger partial charge in [0.25, 0.3) is 0 Å². The molecule has 8 unspecified atom stereocenters. The summed E-state index contributed by atoms with van der Waals surface area (Å²) < 4.78 is 22.3. The van der Waals surface area contributed by atoms with Gasteiger partial charge in [-0.1, -0.05) is 0 Å². The number of amides is 1. The summed E-state index contributed by atoms with van der Waals surface area (Å²) in [6.45, 7) is 1.03. The fraction of sp³-hybridized carbons (Fsp3) is 0.765. The summed E-state index contributed by atoms with van der Waals surface area (Å²) >= 11 is 3.77. The normalized spacial score (nSPS) is 17.3. The van der Waals surface area contributed by atoms with Gasteiger partial charge in [0.2, 0.25) is 5.91 Å².